The Morgan fingerprint density at radius 3 is 3.06 bits per heavy atom. The topological polar surface area (TPSA) is 61.0 Å². The summed E-state index contributed by atoms with van der Waals surface area (Å²) >= 11 is 0. The molecule has 0 fully saturated rings. The molecule has 4 heteroatoms. The smallest absolute Gasteiger partial charge is 0.157 e. The molecule has 2 rings (SSSR count). The highest BCUT2D eigenvalue weighted by Gasteiger charge is 2.21. The average Bonchev–Trinajstić information content (AvgIpc) is 2.43. The van der Waals surface area contributed by atoms with Gasteiger partial charge in [-0.25, -0.2) is 9.97 Å². The van der Waals surface area contributed by atoms with E-state index in [0.29, 0.717) is 5.92 Å². The Bertz CT molecular complexity index is 395. The van der Waals surface area contributed by atoms with Crippen LogP contribution >= 0.6 is 0 Å². The molecule has 1 aromatic rings. The van der Waals surface area contributed by atoms with E-state index in [1.54, 1.807) is 7.11 Å². The third-order valence-corrected chi connectivity index (χ3v) is 3.73. The highest BCUT2D eigenvalue weighted by Crippen LogP contribution is 2.25. The lowest BCUT2D eigenvalue weighted by Gasteiger charge is -2.23. The van der Waals surface area contributed by atoms with Crippen LogP contribution in [0.1, 0.15) is 49.4 Å². The molecule has 1 heterocycles. The molecule has 1 aliphatic rings. The van der Waals surface area contributed by atoms with Gasteiger partial charge in [-0.15, -0.1) is 0 Å². The standard InChI is InChI=1S/C14H23N3O/c1-3-4-13(18-2)14-16-9-11-7-10(8-15)5-6-12(11)17-14/h9-10,13H,3-8,15H2,1-2H3. The number of methoxy groups -OCH3 is 1. The molecule has 0 bridgehead atoms. The molecule has 0 aromatic carbocycles. The van der Waals surface area contributed by atoms with Gasteiger partial charge in [0.05, 0.1) is 0 Å². The Labute approximate surface area is 109 Å². The van der Waals surface area contributed by atoms with Gasteiger partial charge >= 0.3 is 0 Å². The second-order valence-corrected chi connectivity index (χ2v) is 5.06. The van der Waals surface area contributed by atoms with E-state index in [9.17, 15) is 0 Å². The maximum Gasteiger partial charge on any atom is 0.157 e. The van der Waals surface area contributed by atoms with Crippen molar-refractivity contribution in [2.75, 3.05) is 13.7 Å². The zero-order valence-electron chi connectivity index (χ0n) is 11.4. The number of fused-ring (bicyclic) bond motifs is 1. The first-order chi connectivity index (χ1) is 8.78. The van der Waals surface area contributed by atoms with E-state index >= 15 is 0 Å². The zero-order chi connectivity index (χ0) is 13.0. The van der Waals surface area contributed by atoms with Crippen LogP contribution in [0.4, 0.5) is 0 Å². The Kier molecular flexibility index (Phi) is 4.66. The largest absolute Gasteiger partial charge is 0.373 e. The second kappa shape index (κ2) is 6.25. The summed E-state index contributed by atoms with van der Waals surface area (Å²) in [7, 11) is 1.73. The molecule has 18 heavy (non-hydrogen) atoms. The van der Waals surface area contributed by atoms with E-state index in [4.69, 9.17) is 15.5 Å². The third kappa shape index (κ3) is 2.87. The van der Waals surface area contributed by atoms with Crippen molar-refractivity contribution in [3.05, 3.63) is 23.3 Å². The lowest BCUT2D eigenvalue weighted by atomic mass is 9.87. The second-order valence-electron chi connectivity index (χ2n) is 5.06. The van der Waals surface area contributed by atoms with E-state index in [1.807, 2.05) is 6.20 Å². The van der Waals surface area contributed by atoms with Gasteiger partial charge in [0.15, 0.2) is 5.82 Å². The van der Waals surface area contributed by atoms with Crippen LogP contribution in [0.5, 0.6) is 0 Å². The summed E-state index contributed by atoms with van der Waals surface area (Å²) in [6.07, 6.45) is 7.25. The summed E-state index contributed by atoms with van der Waals surface area (Å²) in [5.41, 5.74) is 8.21. The van der Waals surface area contributed by atoms with Crippen LogP contribution in [-0.4, -0.2) is 23.6 Å². The van der Waals surface area contributed by atoms with Crippen molar-refractivity contribution in [3.63, 3.8) is 0 Å². The molecule has 2 unspecified atom stereocenters. The van der Waals surface area contributed by atoms with Crippen molar-refractivity contribution in [3.8, 4) is 0 Å². The molecule has 0 saturated heterocycles. The lowest BCUT2D eigenvalue weighted by Crippen LogP contribution is -2.24. The van der Waals surface area contributed by atoms with Gasteiger partial charge in [0.1, 0.15) is 6.10 Å². The van der Waals surface area contributed by atoms with E-state index < -0.39 is 0 Å². The maximum absolute atomic E-state index is 5.74. The average molecular weight is 249 g/mol. The summed E-state index contributed by atoms with van der Waals surface area (Å²) in [4.78, 5) is 9.17. The molecule has 0 amide bonds. The van der Waals surface area contributed by atoms with Gasteiger partial charge in [0.25, 0.3) is 0 Å². The molecule has 0 aliphatic heterocycles. The fourth-order valence-corrected chi connectivity index (χ4v) is 2.57. The van der Waals surface area contributed by atoms with Gasteiger partial charge in [-0.1, -0.05) is 13.3 Å². The fraction of sp³-hybridized carbons (Fsp3) is 0.714. The molecular formula is C14H23N3O. The first-order valence-electron chi connectivity index (χ1n) is 6.86. The summed E-state index contributed by atoms with van der Waals surface area (Å²) in [5, 5.41) is 0. The monoisotopic (exact) mass is 249 g/mol. The minimum atomic E-state index is 0.0348. The van der Waals surface area contributed by atoms with Crippen LogP contribution in [0.25, 0.3) is 0 Å². The Morgan fingerprint density at radius 1 is 1.56 bits per heavy atom. The number of aryl methyl sites for hydroxylation is 1. The van der Waals surface area contributed by atoms with Crippen molar-refractivity contribution in [1.29, 1.82) is 0 Å². The molecule has 2 N–H and O–H groups in total. The number of hydrogen-bond donors (Lipinski definition) is 1. The van der Waals surface area contributed by atoms with Crippen molar-refractivity contribution >= 4 is 0 Å². The molecular weight excluding hydrogens is 226 g/mol. The molecule has 0 spiro atoms. The van der Waals surface area contributed by atoms with Gasteiger partial charge in [0, 0.05) is 19.0 Å². The Morgan fingerprint density at radius 2 is 2.39 bits per heavy atom. The van der Waals surface area contributed by atoms with Crippen LogP contribution in [0, 0.1) is 5.92 Å². The van der Waals surface area contributed by atoms with Gasteiger partial charge < -0.3 is 10.5 Å². The van der Waals surface area contributed by atoms with E-state index in [-0.39, 0.29) is 6.10 Å². The Hall–Kier alpha value is -1.00. The molecule has 2 atom stereocenters. The summed E-state index contributed by atoms with van der Waals surface area (Å²) in [6, 6.07) is 0. The fourth-order valence-electron chi connectivity index (χ4n) is 2.57. The highest BCUT2D eigenvalue weighted by molar-refractivity contribution is 5.22. The van der Waals surface area contributed by atoms with Crippen molar-refractivity contribution < 1.29 is 4.74 Å². The van der Waals surface area contributed by atoms with Gasteiger partial charge in [0.2, 0.25) is 0 Å². The number of ether oxygens (including phenoxy) is 1. The minimum absolute atomic E-state index is 0.0348. The number of nitrogens with two attached hydrogens (primary N) is 1. The molecule has 1 aliphatic carbocycles. The van der Waals surface area contributed by atoms with Crippen molar-refractivity contribution in [2.24, 2.45) is 11.7 Å². The van der Waals surface area contributed by atoms with Gasteiger partial charge in [-0.05, 0) is 43.7 Å². The normalized spacial score (nSPS) is 20.5. The number of aromatic nitrogens is 2. The van der Waals surface area contributed by atoms with E-state index in [2.05, 4.69) is 11.9 Å². The Balaban J connectivity index is 2.17. The van der Waals surface area contributed by atoms with Gasteiger partial charge in [-0.3, -0.25) is 0 Å². The first-order valence-corrected chi connectivity index (χ1v) is 6.86. The predicted molar refractivity (Wildman–Crippen MR) is 71.3 cm³/mol. The predicted octanol–water partition coefficient (Wildman–Crippen LogP) is 2.03. The molecule has 0 radical (unpaired) electrons. The van der Waals surface area contributed by atoms with Crippen LogP contribution in [-0.2, 0) is 17.6 Å². The number of nitrogens with zero attached hydrogens (tertiary/aromatic N) is 2. The molecule has 4 nitrogen and oxygen atoms in total. The van der Waals surface area contributed by atoms with Crippen LogP contribution in [0.3, 0.4) is 0 Å². The van der Waals surface area contributed by atoms with Crippen LogP contribution in [0.2, 0.25) is 0 Å². The molecule has 100 valence electrons. The number of hydrogen-bond acceptors (Lipinski definition) is 4. The van der Waals surface area contributed by atoms with E-state index in [1.165, 1.54) is 11.3 Å². The summed E-state index contributed by atoms with van der Waals surface area (Å²) < 4.78 is 5.47. The van der Waals surface area contributed by atoms with E-state index in [0.717, 1.165) is 44.5 Å². The van der Waals surface area contributed by atoms with Crippen molar-refractivity contribution in [2.45, 2.75) is 45.1 Å². The summed E-state index contributed by atoms with van der Waals surface area (Å²) in [6.45, 7) is 2.91. The molecule has 1 aromatic heterocycles. The molecule has 0 saturated carbocycles. The third-order valence-electron chi connectivity index (χ3n) is 3.73. The lowest BCUT2D eigenvalue weighted by molar-refractivity contribution is 0.0872. The first kappa shape index (κ1) is 13.4. The van der Waals surface area contributed by atoms with Crippen LogP contribution < -0.4 is 5.73 Å². The summed E-state index contributed by atoms with van der Waals surface area (Å²) in [5.74, 6) is 1.44. The maximum atomic E-state index is 5.74. The van der Waals surface area contributed by atoms with Crippen LogP contribution in [0.15, 0.2) is 6.20 Å². The SMILES string of the molecule is CCCC(OC)c1ncc2c(n1)CCC(CN)C2. The zero-order valence-corrected chi connectivity index (χ0v) is 11.4. The number of rotatable bonds is 5. The quantitative estimate of drug-likeness (QED) is 0.867. The minimum Gasteiger partial charge on any atom is -0.373 e. The highest BCUT2D eigenvalue weighted by atomic mass is 16.5. The van der Waals surface area contributed by atoms with Gasteiger partial charge in [-0.2, -0.15) is 0 Å². The van der Waals surface area contributed by atoms with Crippen molar-refractivity contribution in [1.82, 2.24) is 9.97 Å².